The summed E-state index contributed by atoms with van der Waals surface area (Å²) < 4.78 is 0. The Bertz CT molecular complexity index is 521. The average molecular weight is 293 g/mol. The van der Waals surface area contributed by atoms with Crippen molar-refractivity contribution in [2.45, 2.75) is 38.0 Å². The van der Waals surface area contributed by atoms with E-state index in [2.05, 4.69) is 0 Å². The molecule has 1 heterocycles. The van der Waals surface area contributed by atoms with E-state index in [1.807, 2.05) is 11.4 Å². The van der Waals surface area contributed by atoms with Crippen molar-refractivity contribution in [2.75, 3.05) is 13.1 Å². The summed E-state index contributed by atoms with van der Waals surface area (Å²) in [6.07, 6.45) is 5.17. The first kappa shape index (κ1) is 13.6. The highest BCUT2D eigenvalue weighted by Gasteiger charge is 2.34. The predicted molar refractivity (Wildman–Crippen MR) is 76.9 cm³/mol. The molecule has 0 radical (unpaired) electrons. The Kier molecular flexibility index (Phi) is 3.78. The van der Waals surface area contributed by atoms with Gasteiger partial charge in [0.2, 0.25) is 5.91 Å². The second-order valence-electron chi connectivity index (χ2n) is 5.80. The Morgan fingerprint density at radius 3 is 2.85 bits per heavy atom. The van der Waals surface area contributed by atoms with Crippen LogP contribution in [0.3, 0.4) is 0 Å². The van der Waals surface area contributed by atoms with Crippen LogP contribution in [0.5, 0.6) is 0 Å². The standard InChI is InChI=1S/C15H19NO3S/c17-14(18)9-16(8-10-4-5-10)15(19)12-2-1-3-13-11(12)6-7-20-13/h6-7,10,12H,1-5,8-9H2,(H,17,18). The van der Waals surface area contributed by atoms with Gasteiger partial charge in [-0.2, -0.15) is 0 Å². The lowest BCUT2D eigenvalue weighted by Gasteiger charge is -2.28. The summed E-state index contributed by atoms with van der Waals surface area (Å²) in [4.78, 5) is 26.6. The number of carbonyl (C=O) groups is 2. The average Bonchev–Trinajstić information content (AvgIpc) is 3.10. The van der Waals surface area contributed by atoms with E-state index < -0.39 is 5.97 Å². The zero-order chi connectivity index (χ0) is 14.1. The van der Waals surface area contributed by atoms with Crippen LogP contribution in [-0.4, -0.2) is 35.0 Å². The van der Waals surface area contributed by atoms with Gasteiger partial charge < -0.3 is 10.0 Å². The number of aryl methyl sites for hydroxylation is 1. The highest BCUT2D eigenvalue weighted by molar-refractivity contribution is 7.10. The third-order valence-corrected chi connectivity index (χ3v) is 5.16. The molecule has 1 saturated carbocycles. The SMILES string of the molecule is O=C(O)CN(CC1CC1)C(=O)C1CCCc2sccc21. The number of aliphatic carboxylic acids is 1. The minimum atomic E-state index is -0.916. The first-order chi connectivity index (χ1) is 9.65. The molecule has 0 aliphatic heterocycles. The number of amides is 1. The van der Waals surface area contributed by atoms with Crippen molar-refractivity contribution >= 4 is 23.2 Å². The molecule has 108 valence electrons. The molecule has 1 atom stereocenters. The van der Waals surface area contributed by atoms with Crippen LogP contribution in [0.1, 0.15) is 42.0 Å². The largest absolute Gasteiger partial charge is 0.480 e. The summed E-state index contributed by atoms with van der Waals surface area (Å²) in [5, 5.41) is 11.1. The zero-order valence-corrected chi connectivity index (χ0v) is 12.2. The fourth-order valence-electron chi connectivity index (χ4n) is 2.97. The molecule has 20 heavy (non-hydrogen) atoms. The van der Waals surface area contributed by atoms with Gasteiger partial charge in [0.25, 0.3) is 0 Å². The monoisotopic (exact) mass is 293 g/mol. The number of nitrogens with zero attached hydrogens (tertiary/aromatic N) is 1. The summed E-state index contributed by atoms with van der Waals surface area (Å²) in [6, 6.07) is 2.04. The van der Waals surface area contributed by atoms with Crippen LogP contribution in [-0.2, 0) is 16.0 Å². The molecule has 1 N–H and O–H groups in total. The molecule has 1 amide bonds. The Labute approximate surface area is 122 Å². The van der Waals surface area contributed by atoms with Gasteiger partial charge in [-0.3, -0.25) is 9.59 Å². The summed E-state index contributed by atoms with van der Waals surface area (Å²) >= 11 is 1.71. The number of carboxylic acid groups (broad SMARTS) is 1. The third-order valence-electron chi connectivity index (χ3n) is 4.16. The Hall–Kier alpha value is -1.36. The molecule has 2 aliphatic carbocycles. The van der Waals surface area contributed by atoms with E-state index in [9.17, 15) is 9.59 Å². The van der Waals surface area contributed by atoms with E-state index in [4.69, 9.17) is 5.11 Å². The van der Waals surface area contributed by atoms with E-state index in [1.54, 1.807) is 16.2 Å². The Morgan fingerprint density at radius 2 is 2.15 bits per heavy atom. The lowest BCUT2D eigenvalue weighted by atomic mass is 9.86. The van der Waals surface area contributed by atoms with Gasteiger partial charge in [0.15, 0.2) is 0 Å². The number of hydrogen-bond acceptors (Lipinski definition) is 3. The van der Waals surface area contributed by atoms with E-state index >= 15 is 0 Å². The number of thiophene rings is 1. The van der Waals surface area contributed by atoms with Gasteiger partial charge >= 0.3 is 5.97 Å². The number of carboxylic acids is 1. The topological polar surface area (TPSA) is 57.6 Å². The molecule has 1 unspecified atom stereocenters. The summed E-state index contributed by atoms with van der Waals surface area (Å²) in [5.41, 5.74) is 1.14. The van der Waals surface area contributed by atoms with Crippen LogP contribution >= 0.6 is 11.3 Å². The highest BCUT2D eigenvalue weighted by atomic mass is 32.1. The summed E-state index contributed by atoms with van der Waals surface area (Å²) in [5.74, 6) is -0.508. The molecule has 0 bridgehead atoms. The van der Waals surface area contributed by atoms with E-state index in [0.717, 1.165) is 37.7 Å². The minimum absolute atomic E-state index is 0.0126. The van der Waals surface area contributed by atoms with Gasteiger partial charge in [0, 0.05) is 11.4 Å². The molecular weight excluding hydrogens is 274 g/mol. The van der Waals surface area contributed by atoms with Gasteiger partial charge in [0.1, 0.15) is 6.54 Å². The molecule has 3 rings (SSSR count). The molecule has 1 aromatic rings. The minimum Gasteiger partial charge on any atom is -0.480 e. The van der Waals surface area contributed by atoms with Crippen LogP contribution in [0.15, 0.2) is 11.4 Å². The lowest BCUT2D eigenvalue weighted by molar-refractivity contribution is -0.145. The van der Waals surface area contributed by atoms with Gasteiger partial charge in [-0.1, -0.05) is 0 Å². The maximum absolute atomic E-state index is 12.7. The molecule has 2 aliphatic rings. The van der Waals surface area contributed by atoms with Crippen molar-refractivity contribution in [1.29, 1.82) is 0 Å². The van der Waals surface area contributed by atoms with E-state index in [-0.39, 0.29) is 18.4 Å². The van der Waals surface area contributed by atoms with Gasteiger partial charge in [-0.25, -0.2) is 0 Å². The first-order valence-electron chi connectivity index (χ1n) is 7.22. The van der Waals surface area contributed by atoms with Crippen molar-refractivity contribution in [3.05, 3.63) is 21.9 Å². The second kappa shape index (κ2) is 5.56. The third kappa shape index (κ3) is 2.87. The molecule has 4 nitrogen and oxygen atoms in total. The van der Waals surface area contributed by atoms with Crippen LogP contribution in [0.25, 0.3) is 0 Å². The molecule has 5 heteroatoms. The Morgan fingerprint density at radius 1 is 1.35 bits per heavy atom. The maximum Gasteiger partial charge on any atom is 0.323 e. The van der Waals surface area contributed by atoms with Gasteiger partial charge in [0.05, 0.1) is 5.92 Å². The first-order valence-corrected chi connectivity index (χ1v) is 8.10. The second-order valence-corrected chi connectivity index (χ2v) is 6.80. The van der Waals surface area contributed by atoms with E-state index in [0.29, 0.717) is 12.5 Å². The van der Waals surface area contributed by atoms with Crippen molar-refractivity contribution in [3.63, 3.8) is 0 Å². The summed E-state index contributed by atoms with van der Waals surface area (Å²) in [7, 11) is 0. The van der Waals surface area contributed by atoms with Crippen molar-refractivity contribution in [1.82, 2.24) is 4.90 Å². The fourth-order valence-corrected chi connectivity index (χ4v) is 3.96. The number of fused-ring (bicyclic) bond motifs is 1. The summed E-state index contributed by atoms with van der Waals surface area (Å²) in [6.45, 7) is 0.451. The predicted octanol–water partition coefficient (Wildman–Crippen LogP) is 2.49. The van der Waals surface area contributed by atoms with Gasteiger partial charge in [-0.05, 0) is 55.0 Å². The van der Waals surface area contributed by atoms with E-state index in [1.165, 1.54) is 4.88 Å². The maximum atomic E-state index is 12.7. The highest BCUT2D eigenvalue weighted by Crippen LogP contribution is 2.37. The normalized spacial score (nSPS) is 21.3. The zero-order valence-electron chi connectivity index (χ0n) is 11.4. The molecular formula is C15H19NO3S. The Balaban J connectivity index is 1.77. The van der Waals surface area contributed by atoms with Gasteiger partial charge in [-0.15, -0.1) is 11.3 Å². The van der Waals surface area contributed by atoms with Crippen molar-refractivity contribution < 1.29 is 14.7 Å². The quantitative estimate of drug-likeness (QED) is 0.907. The van der Waals surface area contributed by atoms with Crippen molar-refractivity contribution in [3.8, 4) is 0 Å². The van der Waals surface area contributed by atoms with Crippen LogP contribution in [0.2, 0.25) is 0 Å². The molecule has 0 aromatic carbocycles. The van der Waals surface area contributed by atoms with Crippen molar-refractivity contribution in [2.24, 2.45) is 5.92 Å². The molecule has 1 fully saturated rings. The number of rotatable bonds is 5. The fraction of sp³-hybridized carbons (Fsp3) is 0.600. The van der Waals surface area contributed by atoms with Crippen LogP contribution in [0, 0.1) is 5.92 Å². The smallest absolute Gasteiger partial charge is 0.323 e. The molecule has 0 spiro atoms. The van der Waals surface area contributed by atoms with Crippen LogP contribution in [0.4, 0.5) is 0 Å². The van der Waals surface area contributed by atoms with Crippen LogP contribution < -0.4 is 0 Å². The molecule has 0 saturated heterocycles. The lowest BCUT2D eigenvalue weighted by Crippen LogP contribution is -2.40. The molecule has 1 aromatic heterocycles. The number of carbonyl (C=O) groups excluding carboxylic acids is 1. The number of hydrogen-bond donors (Lipinski definition) is 1.